The quantitative estimate of drug-likeness (QED) is 0.298. The van der Waals surface area contributed by atoms with Crippen LogP contribution in [0.3, 0.4) is 0 Å². The van der Waals surface area contributed by atoms with Gasteiger partial charge in [-0.1, -0.05) is 24.3 Å². The molecule has 0 saturated heterocycles. The monoisotopic (exact) mass is 234 g/mol. The fourth-order valence-electron chi connectivity index (χ4n) is 1.40. The Labute approximate surface area is 98.3 Å². The molecule has 1 aromatic carbocycles. The van der Waals surface area contributed by atoms with Gasteiger partial charge in [-0.3, -0.25) is 15.0 Å². The van der Waals surface area contributed by atoms with Crippen LogP contribution in [0.5, 0.6) is 0 Å². The number of primary amides is 2. The molecule has 7 N–H and O–H groups in total. The molecule has 0 aromatic heterocycles. The standard InChI is InChI=1S/C11H14N4O2/c12-9(13)7-3-1-6(2-4-7)5-8(10(14)16)11(15)17/h1-4,8H,5H2,(H3,12,13)(H2,14,16)(H2,15,17). The molecule has 90 valence electrons. The molecular weight excluding hydrogens is 220 g/mol. The van der Waals surface area contributed by atoms with Crippen LogP contribution in [-0.4, -0.2) is 17.6 Å². The molecule has 0 aliphatic carbocycles. The summed E-state index contributed by atoms with van der Waals surface area (Å²) >= 11 is 0. The molecule has 0 spiro atoms. The molecule has 17 heavy (non-hydrogen) atoms. The van der Waals surface area contributed by atoms with Crippen LogP contribution in [0.2, 0.25) is 0 Å². The summed E-state index contributed by atoms with van der Waals surface area (Å²) in [6.45, 7) is 0. The molecule has 0 heterocycles. The first-order valence-corrected chi connectivity index (χ1v) is 4.93. The number of nitrogen functional groups attached to an aromatic ring is 1. The van der Waals surface area contributed by atoms with Gasteiger partial charge in [-0.15, -0.1) is 0 Å². The smallest absolute Gasteiger partial charge is 0.230 e. The molecule has 0 fully saturated rings. The maximum atomic E-state index is 11.0. The van der Waals surface area contributed by atoms with Gasteiger partial charge in [-0.05, 0) is 12.0 Å². The summed E-state index contributed by atoms with van der Waals surface area (Å²) in [6.07, 6.45) is 0.156. The van der Waals surface area contributed by atoms with Gasteiger partial charge in [0.15, 0.2) is 0 Å². The Kier molecular flexibility index (Phi) is 3.82. The van der Waals surface area contributed by atoms with Crippen LogP contribution in [0.15, 0.2) is 24.3 Å². The molecule has 6 heteroatoms. The van der Waals surface area contributed by atoms with Gasteiger partial charge in [0, 0.05) is 5.56 Å². The number of nitrogens with two attached hydrogens (primary N) is 3. The first-order chi connectivity index (χ1) is 7.91. The molecule has 1 aromatic rings. The zero-order valence-corrected chi connectivity index (χ0v) is 9.14. The van der Waals surface area contributed by atoms with Gasteiger partial charge in [0.05, 0.1) is 0 Å². The lowest BCUT2D eigenvalue weighted by Crippen LogP contribution is -2.36. The van der Waals surface area contributed by atoms with E-state index in [-0.39, 0.29) is 12.3 Å². The highest BCUT2D eigenvalue weighted by Crippen LogP contribution is 2.10. The molecule has 0 unspecified atom stereocenters. The van der Waals surface area contributed by atoms with E-state index in [9.17, 15) is 9.59 Å². The Morgan fingerprint density at radius 1 is 1.06 bits per heavy atom. The Hall–Kier alpha value is -2.37. The first kappa shape index (κ1) is 12.7. The van der Waals surface area contributed by atoms with Crippen LogP contribution >= 0.6 is 0 Å². The second-order valence-electron chi connectivity index (χ2n) is 3.67. The molecule has 0 saturated carbocycles. The fraction of sp³-hybridized carbons (Fsp3) is 0.182. The summed E-state index contributed by atoms with van der Waals surface area (Å²) in [5.41, 5.74) is 16.7. The molecule has 0 radical (unpaired) electrons. The van der Waals surface area contributed by atoms with Crippen molar-refractivity contribution < 1.29 is 9.59 Å². The highest BCUT2D eigenvalue weighted by Gasteiger charge is 2.21. The van der Waals surface area contributed by atoms with E-state index in [1.807, 2.05) is 0 Å². The topological polar surface area (TPSA) is 136 Å². The van der Waals surface area contributed by atoms with Gasteiger partial charge in [0.1, 0.15) is 11.8 Å². The summed E-state index contributed by atoms with van der Waals surface area (Å²) in [5.74, 6) is -2.54. The maximum absolute atomic E-state index is 11.0. The molecule has 0 atom stereocenters. The Morgan fingerprint density at radius 2 is 1.53 bits per heavy atom. The van der Waals surface area contributed by atoms with Crippen molar-refractivity contribution in [1.29, 1.82) is 5.41 Å². The van der Waals surface area contributed by atoms with E-state index < -0.39 is 17.7 Å². The lowest BCUT2D eigenvalue weighted by molar-refractivity contribution is -0.131. The zero-order valence-electron chi connectivity index (χ0n) is 9.14. The average molecular weight is 234 g/mol. The van der Waals surface area contributed by atoms with E-state index in [2.05, 4.69) is 0 Å². The van der Waals surface area contributed by atoms with Crippen molar-refractivity contribution in [1.82, 2.24) is 0 Å². The predicted molar refractivity (Wildman–Crippen MR) is 63.0 cm³/mol. The number of rotatable bonds is 5. The Balaban J connectivity index is 2.84. The molecule has 0 bridgehead atoms. The lowest BCUT2D eigenvalue weighted by atomic mass is 9.97. The fourth-order valence-corrected chi connectivity index (χ4v) is 1.40. The van der Waals surface area contributed by atoms with Crippen molar-refractivity contribution in [2.24, 2.45) is 23.1 Å². The number of nitrogens with one attached hydrogen (secondary N) is 1. The van der Waals surface area contributed by atoms with E-state index in [0.29, 0.717) is 5.56 Å². The SMILES string of the molecule is N=C(N)c1ccc(CC(C(N)=O)C(N)=O)cc1. The van der Waals surface area contributed by atoms with Crippen LogP contribution in [0.25, 0.3) is 0 Å². The largest absolute Gasteiger partial charge is 0.384 e. The highest BCUT2D eigenvalue weighted by atomic mass is 16.2. The summed E-state index contributed by atoms with van der Waals surface area (Å²) in [4.78, 5) is 22.0. The van der Waals surface area contributed by atoms with Crippen LogP contribution in [0.1, 0.15) is 11.1 Å². The number of hydrogen-bond acceptors (Lipinski definition) is 3. The second kappa shape index (κ2) is 5.11. The number of carbonyl (C=O) groups excluding carboxylic acids is 2. The van der Waals surface area contributed by atoms with E-state index in [4.69, 9.17) is 22.6 Å². The average Bonchev–Trinajstić information content (AvgIpc) is 2.25. The minimum Gasteiger partial charge on any atom is -0.384 e. The minimum absolute atomic E-state index is 0.0436. The number of amides is 2. The van der Waals surface area contributed by atoms with E-state index in [1.54, 1.807) is 24.3 Å². The van der Waals surface area contributed by atoms with Gasteiger partial charge >= 0.3 is 0 Å². The summed E-state index contributed by atoms with van der Waals surface area (Å²) < 4.78 is 0. The minimum atomic E-state index is -1.02. The number of hydrogen-bond donors (Lipinski definition) is 4. The third kappa shape index (κ3) is 3.30. The van der Waals surface area contributed by atoms with E-state index in [0.717, 1.165) is 5.56 Å². The summed E-state index contributed by atoms with van der Waals surface area (Å²) in [5, 5.41) is 7.21. The third-order valence-electron chi connectivity index (χ3n) is 2.39. The van der Waals surface area contributed by atoms with Crippen molar-refractivity contribution in [3.63, 3.8) is 0 Å². The number of benzene rings is 1. The van der Waals surface area contributed by atoms with Gasteiger partial charge in [0.2, 0.25) is 11.8 Å². The van der Waals surface area contributed by atoms with Gasteiger partial charge in [-0.2, -0.15) is 0 Å². The molecule has 2 amide bonds. The van der Waals surface area contributed by atoms with Crippen LogP contribution in [-0.2, 0) is 16.0 Å². The van der Waals surface area contributed by atoms with Crippen LogP contribution < -0.4 is 17.2 Å². The van der Waals surface area contributed by atoms with Crippen LogP contribution in [0, 0.1) is 11.3 Å². The molecule has 1 rings (SSSR count). The van der Waals surface area contributed by atoms with Crippen molar-refractivity contribution in [2.75, 3.05) is 0 Å². The van der Waals surface area contributed by atoms with E-state index in [1.165, 1.54) is 0 Å². The van der Waals surface area contributed by atoms with Crippen LogP contribution in [0.4, 0.5) is 0 Å². The zero-order chi connectivity index (χ0) is 13.0. The van der Waals surface area contributed by atoms with Crippen molar-refractivity contribution >= 4 is 17.6 Å². The Morgan fingerprint density at radius 3 is 1.88 bits per heavy atom. The Bertz CT molecular complexity index is 439. The summed E-state index contributed by atoms with van der Waals surface area (Å²) in [6, 6.07) is 6.62. The molecule has 6 nitrogen and oxygen atoms in total. The van der Waals surface area contributed by atoms with Crippen molar-refractivity contribution in [3.8, 4) is 0 Å². The lowest BCUT2D eigenvalue weighted by Gasteiger charge is -2.09. The van der Waals surface area contributed by atoms with Crippen molar-refractivity contribution in [2.45, 2.75) is 6.42 Å². The first-order valence-electron chi connectivity index (χ1n) is 4.93. The van der Waals surface area contributed by atoms with Crippen molar-refractivity contribution in [3.05, 3.63) is 35.4 Å². The number of carbonyl (C=O) groups is 2. The normalized spacial score (nSPS) is 10.2. The van der Waals surface area contributed by atoms with Gasteiger partial charge in [0.25, 0.3) is 0 Å². The molecule has 0 aliphatic rings. The van der Waals surface area contributed by atoms with Gasteiger partial charge < -0.3 is 17.2 Å². The predicted octanol–water partition coefficient (Wildman–Crippen LogP) is -0.900. The molecular formula is C11H14N4O2. The molecule has 0 aliphatic heterocycles. The highest BCUT2D eigenvalue weighted by molar-refractivity contribution is 5.99. The maximum Gasteiger partial charge on any atom is 0.230 e. The van der Waals surface area contributed by atoms with Gasteiger partial charge in [-0.25, -0.2) is 0 Å². The third-order valence-corrected chi connectivity index (χ3v) is 2.39. The van der Waals surface area contributed by atoms with E-state index >= 15 is 0 Å². The second-order valence-corrected chi connectivity index (χ2v) is 3.67. The summed E-state index contributed by atoms with van der Waals surface area (Å²) in [7, 11) is 0. The number of amidine groups is 1.